The molecule has 0 atom stereocenters. The Morgan fingerprint density at radius 3 is 2.96 bits per heavy atom. The first-order valence-corrected chi connectivity index (χ1v) is 8.43. The first-order chi connectivity index (χ1) is 11.8. The third-order valence-corrected chi connectivity index (χ3v) is 4.54. The average molecular weight is 345 g/mol. The van der Waals surface area contributed by atoms with Gasteiger partial charge in [-0.1, -0.05) is 5.16 Å². The van der Waals surface area contributed by atoms with Crippen LogP contribution < -0.4 is 5.32 Å². The number of amides is 1. The molecule has 0 spiro atoms. The summed E-state index contributed by atoms with van der Waals surface area (Å²) in [5, 5.41) is 6.80. The first kappa shape index (κ1) is 15.2. The van der Waals surface area contributed by atoms with Crippen molar-refractivity contribution in [1.29, 1.82) is 0 Å². The van der Waals surface area contributed by atoms with Gasteiger partial charge in [-0.15, -0.1) is 0 Å². The summed E-state index contributed by atoms with van der Waals surface area (Å²) < 4.78 is 18.8. The van der Waals surface area contributed by atoms with Gasteiger partial charge in [-0.25, -0.2) is 0 Å². The van der Waals surface area contributed by atoms with Crippen LogP contribution in [0.1, 0.15) is 40.8 Å². The first-order valence-electron chi connectivity index (χ1n) is 7.70. The lowest BCUT2D eigenvalue weighted by molar-refractivity contribution is 0.0830. The molecule has 124 valence electrons. The van der Waals surface area contributed by atoms with E-state index in [4.69, 9.17) is 9.26 Å². The van der Waals surface area contributed by atoms with Crippen molar-refractivity contribution in [2.75, 3.05) is 13.2 Å². The van der Waals surface area contributed by atoms with Crippen molar-refractivity contribution in [3.8, 4) is 0 Å². The van der Waals surface area contributed by atoms with E-state index in [1.165, 1.54) is 0 Å². The number of benzene rings is 1. The Balaban J connectivity index is 1.39. The molecule has 1 N–H and O–H groups in total. The van der Waals surface area contributed by atoms with Crippen LogP contribution in [-0.2, 0) is 11.3 Å². The summed E-state index contributed by atoms with van der Waals surface area (Å²) in [4.78, 5) is 16.6. The summed E-state index contributed by atoms with van der Waals surface area (Å²) in [5.74, 6) is 1.15. The summed E-state index contributed by atoms with van der Waals surface area (Å²) >= 11 is 1.13. The minimum atomic E-state index is -0.212. The Hall–Kier alpha value is -2.39. The van der Waals surface area contributed by atoms with Crippen LogP contribution in [0.5, 0.6) is 0 Å². The molecule has 3 aromatic rings. The highest BCUT2D eigenvalue weighted by Crippen LogP contribution is 2.24. The van der Waals surface area contributed by atoms with Crippen molar-refractivity contribution in [3.05, 3.63) is 35.5 Å². The quantitative estimate of drug-likeness (QED) is 0.770. The highest BCUT2D eigenvalue weighted by atomic mass is 32.1. The van der Waals surface area contributed by atoms with E-state index >= 15 is 0 Å². The molecular weight excluding hydrogens is 330 g/mol. The fourth-order valence-electron chi connectivity index (χ4n) is 2.64. The molecule has 0 aliphatic carbocycles. The van der Waals surface area contributed by atoms with Gasteiger partial charge in [-0.2, -0.15) is 13.7 Å². The number of carbonyl (C=O) groups excluding carboxylic acids is 1. The van der Waals surface area contributed by atoms with Crippen LogP contribution in [0.15, 0.2) is 22.7 Å². The molecule has 1 amide bonds. The monoisotopic (exact) mass is 345 g/mol. The van der Waals surface area contributed by atoms with Gasteiger partial charge in [-0.05, 0) is 31.0 Å². The van der Waals surface area contributed by atoms with Gasteiger partial charge in [-0.3, -0.25) is 4.79 Å². The molecule has 4 rings (SSSR count). The molecular formula is C15H15N5O3S. The number of nitrogens with zero attached hydrogens (tertiary/aromatic N) is 4. The molecule has 1 fully saturated rings. The Kier molecular flexibility index (Phi) is 4.18. The Bertz CT molecular complexity index is 856. The second-order valence-electron chi connectivity index (χ2n) is 5.58. The van der Waals surface area contributed by atoms with Crippen LogP contribution >= 0.6 is 11.7 Å². The van der Waals surface area contributed by atoms with Crippen molar-refractivity contribution in [3.63, 3.8) is 0 Å². The van der Waals surface area contributed by atoms with Gasteiger partial charge in [0, 0.05) is 24.7 Å². The molecule has 0 unspecified atom stereocenters. The summed E-state index contributed by atoms with van der Waals surface area (Å²) in [6.07, 6.45) is 1.79. The second-order valence-corrected chi connectivity index (χ2v) is 6.11. The Labute approximate surface area is 141 Å². The van der Waals surface area contributed by atoms with Crippen molar-refractivity contribution in [1.82, 2.24) is 24.2 Å². The molecule has 2 aromatic heterocycles. The summed E-state index contributed by atoms with van der Waals surface area (Å²) in [6, 6.07) is 5.22. The van der Waals surface area contributed by atoms with E-state index in [1.54, 1.807) is 18.2 Å². The zero-order valence-electron chi connectivity index (χ0n) is 12.8. The van der Waals surface area contributed by atoms with Crippen LogP contribution in [0.3, 0.4) is 0 Å². The lowest BCUT2D eigenvalue weighted by atomic mass is 10.00. The van der Waals surface area contributed by atoms with Crippen molar-refractivity contribution in [2.24, 2.45) is 0 Å². The zero-order chi connectivity index (χ0) is 16.4. The van der Waals surface area contributed by atoms with Crippen molar-refractivity contribution in [2.45, 2.75) is 25.3 Å². The predicted molar refractivity (Wildman–Crippen MR) is 85.7 cm³/mol. The molecule has 1 aliphatic heterocycles. The molecule has 1 aromatic carbocycles. The van der Waals surface area contributed by atoms with Crippen molar-refractivity contribution < 1.29 is 14.1 Å². The topological polar surface area (TPSA) is 103 Å². The van der Waals surface area contributed by atoms with Crippen LogP contribution in [-0.4, -0.2) is 38.0 Å². The number of carbonyl (C=O) groups is 1. The van der Waals surface area contributed by atoms with Gasteiger partial charge in [0.2, 0.25) is 5.89 Å². The molecule has 0 radical (unpaired) electrons. The standard InChI is InChI=1S/C15H15N5O3S/c21-15(10-1-2-11-12(7-10)20-24-19-11)16-8-13-17-14(18-23-13)9-3-5-22-6-4-9/h1-2,7,9H,3-6,8H2,(H,16,21). The van der Waals surface area contributed by atoms with Gasteiger partial charge in [0.15, 0.2) is 5.82 Å². The number of hydrogen-bond acceptors (Lipinski definition) is 8. The predicted octanol–water partition coefficient (Wildman–Crippen LogP) is 1.90. The maximum absolute atomic E-state index is 12.2. The average Bonchev–Trinajstić information content (AvgIpc) is 3.29. The van der Waals surface area contributed by atoms with Crippen LogP contribution in [0.2, 0.25) is 0 Å². The smallest absolute Gasteiger partial charge is 0.251 e. The molecule has 3 heterocycles. The van der Waals surface area contributed by atoms with E-state index in [-0.39, 0.29) is 18.4 Å². The minimum absolute atomic E-state index is 0.197. The highest BCUT2D eigenvalue weighted by Gasteiger charge is 2.21. The number of nitrogens with one attached hydrogen (secondary N) is 1. The van der Waals surface area contributed by atoms with Crippen LogP contribution in [0.4, 0.5) is 0 Å². The van der Waals surface area contributed by atoms with E-state index in [1.807, 2.05) is 0 Å². The second kappa shape index (κ2) is 6.62. The molecule has 0 saturated carbocycles. The number of fused-ring (bicyclic) bond motifs is 1. The van der Waals surface area contributed by atoms with Gasteiger partial charge in [0.1, 0.15) is 11.0 Å². The van der Waals surface area contributed by atoms with Crippen LogP contribution in [0, 0.1) is 0 Å². The lowest BCUT2D eigenvalue weighted by Crippen LogP contribution is -2.23. The number of aromatic nitrogens is 4. The molecule has 0 bridgehead atoms. The van der Waals surface area contributed by atoms with Gasteiger partial charge >= 0.3 is 0 Å². The number of rotatable bonds is 4. The van der Waals surface area contributed by atoms with Crippen LogP contribution in [0.25, 0.3) is 11.0 Å². The third-order valence-electron chi connectivity index (χ3n) is 3.99. The van der Waals surface area contributed by atoms with Crippen molar-refractivity contribution >= 4 is 28.7 Å². The van der Waals surface area contributed by atoms with E-state index < -0.39 is 0 Å². The van der Waals surface area contributed by atoms with E-state index in [0.717, 1.165) is 43.3 Å². The van der Waals surface area contributed by atoms with Gasteiger partial charge < -0.3 is 14.6 Å². The third kappa shape index (κ3) is 3.13. The SMILES string of the molecule is O=C(NCc1nc(C2CCOCC2)no1)c1ccc2nsnc2c1. The summed E-state index contributed by atoms with van der Waals surface area (Å²) in [7, 11) is 0. The van der Waals surface area contributed by atoms with E-state index in [9.17, 15) is 4.79 Å². The minimum Gasteiger partial charge on any atom is -0.381 e. The molecule has 9 heteroatoms. The normalized spacial score (nSPS) is 15.7. The summed E-state index contributed by atoms with van der Waals surface area (Å²) in [5.41, 5.74) is 2.03. The fraction of sp³-hybridized carbons (Fsp3) is 0.400. The molecule has 1 aliphatic rings. The number of hydrogen-bond donors (Lipinski definition) is 1. The fourth-order valence-corrected chi connectivity index (χ4v) is 3.16. The van der Waals surface area contributed by atoms with Gasteiger partial charge in [0.25, 0.3) is 5.91 Å². The van der Waals surface area contributed by atoms with E-state index in [0.29, 0.717) is 22.8 Å². The maximum Gasteiger partial charge on any atom is 0.251 e. The Morgan fingerprint density at radius 2 is 2.08 bits per heavy atom. The molecule has 24 heavy (non-hydrogen) atoms. The largest absolute Gasteiger partial charge is 0.381 e. The highest BCUT2D eigenvalue weighted by molar-refractivity contribution is 7.00. The molecule has 8 nitrogen and oxygen atoms in total. The maximum atomic E-state index is 12.2. The van der Waals surface area contributed by atoms with Gasteiger partial charge in [0.05, 0.1) is 18.3 Å². The zero-order valence-corrected chi connectivity index (χ0v) is 13.6. The number of ether oxygens (including phenoxy) is 1. The Morgan fingerprint density at radius 1 is 1.25 bits per heavy atom. The lowest BCUT2D eigenvalue weighted by Gasteiger charge is -2.18. The van der Waals surface area contributed by atoms with E-state index in [2.05, 4.69) is 24.2 Å². The molecule has 1 saturated heterocycles. The summed E-state index contributed by atoms with van der Waals surface area (Å²) in [6.45, 7) is 1.64.